The lowest BCUT2D eigenvalue weighted by atomic mass is 9.82. The summed E-state index contributed by atoms with van der Waals surface area (Å²) in [6.07, 6.45) is 5.97. The molecule has 1 aliphatic carbocycles. The molecule has 0 spiro atoms. The van der Waals surface area contributed by atoms with Gasteiger partial charge in [0.25, 0.3) is 0 Å². The molecule has 112 valence electrons. The van der Waals surface area contributed by atoms with E-state index in [0.717, 1.165) is 25.7 Å². The van der Waals surface area contributed by atoms with Crippen molar-refractivity contribution >= 4 is 14.3 Å². The number of ether oxygens (including phenoxy) is 1. The van der Waals surface area contributed by atoms with Crippen LogP contribution in [0.25, 0.3) is 0 Å². The molecule has 4 heteroatoms. The Labute approximate surface area is 119 Å². The number of carbonyl (C=O) groups is 1. The van der Waals surface area contributed by atoms with Crippen molar-refractivity contribution in [2.24, 2.45) is 0 Å². The van der Waals surface area contributed by atoms with Gasteiger partial charge in [-0.2, -0.15) is 0 Å². The Hall–Kier alpha value is -0.353. The van der Waals surface area contributed by atoms with Gasteiger partial charge in [0.1, 0.15) is 0 Å². The summed E-state index contributed by atoms with van der Waals surface area (Å²) in [5.74, 6) is -0.138. The van der Waals surface area contributed by atoms with Gasteiger partial charge in [-0.1, -0.05) is 40.0 Å². The lowest BCUT2D eigenvalue weighted by Crippen LogP contribution is -2.51. The van der Waals surface area contributed by atoms with Crippen LogP contribution in [-0.4, -0.2) is 27.0 Å². The third-order valence-corrected chi connectivity index (χ3v) is 9.29. The molecule has 0 aromatic carbocycles. The van der Waals surface area contributed by atoms with Crippen molar-refractivity contribution in [1.82, 2.24) is 0 Å². The van der Waals surface area contributed by atoms with Crippen molar-refractivity contribution in [1.29, 1.82) is 0 Å². The second-order valence-corrected chi connectivity index (χ2v) is 12.1. The highest BCUT2D eigenvalue weighted by Gasteiger charge is 2.46. The Kier molecular flexibility index (Phi) is 5.24. The SMILES string of the molecule is COC(=O)CC1(O[Si](C)(C)C(C)(C)C)CCCCC1. The third-order valence-electron chi connectivity index (χ3n) is 4.74. The first-order valence-corrected chi connectivity index (χ1v) is 10.3. The third kappa shape index (κ3) is 4.31. The topological polar surface area (TPSA) is 35.5 Å². The molecule has 1 aliphatic rings. The maximum Gasteiger partial charge on any atom is 0.308 e. The fourth-order valence-corrected chi connectivity index (χ4v) is 4.21. The highest BCUT2D eigenvalue weighted by Crippen LogP contribution is 2.44. The fourth-order valence-electron chi connectivity index (χ4n) is 2.54. The summed E-state index contributed by atoms with van der Waals surface area (Å²) in [7, 11) is -0.389. The average Bonchev–Trinajstić information content (AvgIpc) is 2.27. The molecule has 0 bridgehead atoms. The molecule has 0 amide bonds. The zero-order chi connectivity index (χ0) is 14.7. The molecule has 0 unspecified atom stereocenters. The van der Waals surface area contributed by atoms with E-state index in [2.05, 4.69) is 33.9 Å². The molecule has 1 fully saturated rings. The Balaban J connectivity index is 2.88. The minimum Gasteiger partial charge on any atom is -0.469 e. The van der Waals surface area contributed by atoms with Gasteiger partial charge in [0, 0.05) is 0 Å². The van der Waals surface area contributed by atoms with E-state index >= 15 is 0 Å². The van der Waals surface area contributed by atoms with Gasteiger partial charge >= 0.3 is 5.97 Å². The van der Waals surface area contributed by atoms with Gasteiger partial charge in [0.15, 0.2) is 8.32 Å². The first-order valence-electron chi connectivity index (χ1n) is 7.39. The van der Waals surface area contributed by atoms with Gasteiger partial charge in [-0.05, 0) is 31.0 Å². The number of hydrogen-bond acceptors (Lipinski definition) is 3. The van der Waals surface area contributed by atoms with Gasteiger partial charge in [-0.25, -0.2) is 0 Å². The number of methoxy groups -OCH3 is 1. The van der Waals surface area contributed by atoms with E-state index in [9.17, 15) is 4.79 Å². The summed E-state index contributed by atoms with van der Waals surface area (Å²) >= 11 is 0. The number of hydrogen-bond donors (Lipinski definition) is 0. The molecular weight excluding hydrogens is 256 g/mol. The van der Waals surface area contributed by atoms with Crippen LogP contribution in [0.1, 0.15) is 59.3 Å². The standard InChI is InChI=1S/C15H30O3Si/c1-14(2,3)19(5,6)18-15(12-13(16)17-4)10-8-7-9-11-15/h7-12H2,1-6H3. The summed E-state index contributed by atoms with van der Waals surface area (Å²) in [6, 6.07) is 0. The van der Waals surface area contributed by atoms with Gasteiger partial charge < -0.3 is 9.16 Å². The molecule has 1 rings (SSSR count). The van der Waals surface area contributed by atoms with Crippen molar-refractivity contribution in [2.75, 3.05) is 7.11 Å². The van der Waals surface area contributed by atoms with E-state index in [1.54, 1.807) is 0 Å². The minimum atomic E-state index is -1.85. The Morgan fingerprint density at radius 2 is 1.68 bits per heavy atom. The van der Waals surface area contributed by atoms with Gasteiger partial charge in [0.05, 0.1) is 19.1 Å². The van der Waals surface area contributed by atoms with Crippen LogP contribution in [0.5, 0.6) is 0 Å². The average molecular weight is 286 g/mol. The predicted octanol–water partition coefficient (Wildman–Crippen LogP) is 4.27. The Morgan fingerprint density at radius 1 is 1.16 bits per heavy atom. The quantitative estimate of drug-likeness (QED) is 0.572. The maximum absolute atomic E-state index is 11.7. The summed E-state index contributed by atoms with van der Waals surface area (Å²) < 4.78 is 11.5. The maximum atomic E-state index is 11.7. The normalized spacial score (nSPS) is 20.1. The van der Waals surface area contributed by atoms with Crippen LogP contribution in [0.15, 0.2) is 0 Å². The van der Waals surface area contributed by atoms with Gasteiger partial charge in [0.2, 0.25) is 0 Å². The molecule has 0 radical (unpaired) electrons. The van der Waals surface area contributed by atoms with Gasteiger partial charge in [-0.15, -0.1) is 0 Å². The van der Waals surface area contributed by atoms with Crippen molar-refractivity contribution in [3.05, 3.63) is 0 Å². The highest BCUT2D eigenvalue weighted by molar-refractivity contribution is 6.74. The lowest BCUT2D eigenvalue weighted by molar-refractivity contribution is -0.146. The highest BCUT2D eigenvalue weighted by atomic mass is 28.4. The molecule has 19 heavy (non-hydrogen) atoms. The van der Waals surface area contributed by atoms with E-state index in [1.807, 2.05) is 0 Å². The summed E-state index contributed by atoms with van der Waals surface area (Å²) in [4.78, 5) is 11.7. The molecule has 0 aromatic rings. The lowest BCUT2D eigenvalue weighted by Gasteiger charge is -2.47. The van der Waals surface area contributed by atoms with E-state index in [-0.39, 0.29) is 16.6 Å². The number of rotatable bonds is 4. The van der Waals surface area contributed by atoms with Crippen LogP contribution in [0.3, 0.4) is 0 Å². The van der Waals surface area contributed by atoms with Crippen LogP contribution < -0.4 is 0 Å². The zero-order valence-corrected chi connectivity index (χ0v) is 14.5. The Morgan fingerprint density at radius 3 is 2.11 bits per heavy atom. The number of esters is 1. The smallest absolute Gasteiger partial charge is 0.308 e. The van der Waals surface area contributed by atoms with Crippen molar-refractivity contribution < 1.29 is 14.0 Å². The molecule has 0 aliphatic heterocycles. The van der Waals surface area contributed by atoms with E-state index in [0.29, 0.717) is 6.42 Å². The van der Waals surface area contributed by atoms with E-state index in [1.165, 1.54) is 13.5 Å². The van der Waals surface area contributed by atoms with Crippen LogP contribution in [-0.2, 0) is 14.0 Å². The molecule has 1 saturated carbocycles. The van der Waals surface area contributed by atoms with E-state index < -0.39 is 8.32 Å². The van der Waals surface area contributed by atoms with Crippen molar-refractivity contribution in [2.45, 2.75) is 83.0 Å². The summed E-state index contributed by atoms with van der Waals surface area (Å²) in [5.41, 5.74) is -0.269. The van der Waals surface area contributed by atoms with E-state index in [4.69, 9.17) is 9.16 Å². The number of carbonyl (C=O) groups excluding carboxylic acids is 1. The molecule has 0 atom stereocenters. The fraction of sp³-hybridized carbons (Fsp3) is 0.933. The molecule has 0 N–H and O–H groups in total. The minimum absolute atomic E-state index is 0.138. The first kappa shape index (κ1) is 16.7. The summed E-state index contributed by atoms with van der Waals surface area (Å²) in [5, 5.41) is 0.174. The van der Waals surface area contributed by atoms with Crippen LogP contribution >= 0.6 is 0 Å². The Bertz CT molecular complexity index is 312. The molecule has 3 nitrogen and oxygen atoms in total. The van der Waals surface area contributed by atoms with Crippen LogP contribution in [0.4, 0.5) is 0 Å². The molecule has 0 heterocycles. The molecular formula is C15H30O3Si. The van der Waals surface area contributed by atoms with Crippen LogP contribution in [0, 0.1) is 0 Å². The molecule has 0 aromatic heterocycles. The summed E-state index contributed by atoms with van der Waals surface area (Å²) in [6.45, 7) is 11.3. The largest absolute Gasteiger partial charge is 0.469 e. The second kappa shape index (κ2) is 5.96. The predicted molar refractivity (Wildman–Crippen MR) is 80.7 cm³/mol. The first-order chi connectivity index (χ1) is 8.62. The monoisotopic (exact) mass is 286 g/mol. The van der Waals surface area contributed by atoms with Gasteiger partial charge in [-0.3, -0.25) is 4.79 Å². The second-order valence-electron chi connectivity index (χ2n) is 7.36. The van der Waals surface area contributed by atoms with Crippen LogP contribution in [0.2, 0.25) is 18.1 Å². The van der Waals surface area contributed by atoms with Crippen molar-refractivity contribution in [3.8, 4) is 0 Å². The zero-order valence-electron chi connectivity index (χ0n) is 13.5. The van der Waals surface area contributed by atoms with Crippen molar-refractivity contribution in [3.63, 3.8) is 0 Å². The molecule has 0 saturated heterocycles.